The average Bonchev–Trinajstić information content (AvgIpc) is 3.20. The van der Waals surface area contributed by atoms with Crippen LogP contribution in [0.5, 0.6) is 0 Å². The van der Waals surface area contributed by atoms with Gasteiger partial charge in [-0.2, -0.15) is 12.6 Å². The Morgan fingerprint density at radius 3 is 2.39 bits per heavy atom. The fourth-order valence-electron chi connectivity index (χ4n) is 3.59. The van der Waals surface area contributed by atoms with Gasteiger partial charge in [-0.05, 0) is 51.0 Å². The van der Waals surface area contributed by atoms with E-state index in [0.717, 1.165) is 0 Å². The van der Waals surface area contributed by atoms with Crippen LogP contribution in [-0.4, -0.2) is 76.7 Å². The van der Waals surface area contributed by atoms with Crippen LogP contribution in [-0.2, 0) is 19.2 Å². The van der Waals surface area contributed by atoms with E-state index in [2.05, 4.69) is 23.3 Å². The van der Waals surface area contributed by atoms with Crippen molar-refractivity contribution in [3.05, 3.63) is 0 Å². The van der Waals surface area contributed by atoms with Gasteiger partial charge in [0.1, 0.15) is 18.1 Å². The summed E-state index contributed by atoms with van der Waals surface area (Å²) in [5.74, 6) is -2.21. The molecule has 1 aliphatic rings. The summed E-state index contributed by atoms with van der Waals surface area (Å²) in [7, 11) is 0. The minimum Gasteiger partial charge on any atom is -0.480 e. The number of carbonyl (C=O) groups is 4. The van der Waals surface area contributed by atoms with Crippen LogP contribution in [0.15, 0.2) is 0 Å². The molecule has 11 heteroatoms. The Balaban J connectivity index is 2.86. The second-order valence-electron chi connectivity index (χ2n) is 8.35. The van der Waals surface area contributed by atoms with Crippen LogP contribution < -0.4 is 22.1 Å². The minimum absolute atomic E-state index is 0.0792. The molecular weight excluding hydrogens is 422 g/mol. The number of carboxylic acids is 1. The van der Waals surface area contributed by atoms with E-state index < -0.39 is 42.0 Å². The lowest BCUT2D eigenvalue weighted by Gasteiger charge is -2.29. The minimum atomic E-state index is -1.13. The van der Waals surface area contributed by atoms with Crippen LogP contribution in [0.3, 0.4) is 0 Å². The number of carboxylic acid groups (broad SMARTS) is 1. The Hall–Kier alpha value is -1.85. The highest BCUT2D eigenvalue weighted by Gasteiger charge is 2.37. The second kappa shape index (κ2) is 13.5. The molecule has 1 fully saturated rings. The Bertz CT molecular complexity index is 633. The van der Waals surface area contributed by atoms with Crippen molar-refractivity contribution < 1.29 is 24.3 Å². The van der Waals surface area contributed by atoms with E-state index in [1.54, 1.807) is 0 Å². The van der Waals surface area contributed by atoms with Gasteiger partial charge in [0.15, 0.2) is 0 Å². The number of rotatable bonds is 13. The van der Waals surface area contributed by atoms with E-state index in [9.17, 15) is 24.3 Å². The quantitative estimate of drug-likeness (QED) is 0.159. The molecule has 31 heavy (non-hydrogen) atoms. The van der Waals surface area contributed by atoms with Crippen LogP contribution in [0.1, 0.15) is 52.4 Å². The summed E-state index contributed by atoms with van der Waals surface area (Å²) < 4.78 is 0. The zero-order chi connectivity index (χ0) is 23.6. The molecule has 0 spiro atoms. The highest BCUT2D eigenvalue weighted by atomic mass is 32.1. The van der Waals surface area contributed by atoms with E-state index in [-0.39, 0.29) is 24.0 Å². The number of nitrogens with zero attached hydrogens (tertiary/aromatic N) is 1. The van der Waals surface area contributed by atoms with Crippen LogP contribution in [0.25, 0.3) is 0 Å². The Morgan fingerprint density at radius 1 is 1.16 bits per heavy atom. The molecule has 3 amide bonds. The van der Waals surface area contributed by atoms with Crippen LogP contribution >= 0.6 is 12.6 Å². The Kier molecular flexibility index (Phi) is 11.9. The summed E-state index contributed by atoms with van der Waals surface area (Å²) in [6.07, 6.45) is 2.96. The van der Waals surface area contributed by atoms with Crippen molar-refractivity contribution >= 4 is 36.3 Å². The van der Waals surface area contributed by atoms with Gasteiger partial charge in [0.05, 0.1) is 6.04 Å². The molecule has 1 rings (SSSR count). The fraction of sp³-hybridized carbons (Fsp3) is 0.800. The third kappa shape index (κ3) is 8.66. The van der Waals surface area contributed by atoms with Gasteiger partial charge in [-0.3, -0.25) is 14.4 Å². The first-order chi connectivity index (χ1) is 14.6. The Labute approximate surface area is 189 Å². The first-order valence-electron chi connectivity index (χ1n) is 10.8. The summed E-state index contributed by atoms with van der Waals surface area (Å²) in [6.45, 7) is 4.67. The summed E-state index contributed by atoms with van der Waals surface area (Å²) in [4.78, 5) is 51.2. The molecule has 4 unspecified atom stereocenters. The molecule has 0 radical (unpaired) electrons. The van der Waals surface area contributed by atoms with Crippen molar-refractivity contribution in [2.24, 2.45) is 17.4 Å². The van der Waals surface area contributed by atoms with Gasteiger partial charge in [-0.25, -0.2) is 4.79 Å². The van der Waals surface area contributed by atoms with E-state index in [0.29, 0.717) is 45.2 Å². The molecule has 1 aliphatic heterocycles. The zero-order valence-electron chi connectivity index (χ0n) is 18.4. The summed E-state index contributed by atoms with van der Waals surface area (Å²) in [6, 6.07) is -3.46. The maximum Gasteiger partial charge on any atom is 0.326 e. The SMILES string of the molecule is CC(C)CC(NC(=O)C1CCCN1C(=O)C(N)CS)C(=O)NC(CCCCN)C(=O)O. The zero-order valence-corrected chi connectivity index (χ0v) is 19.3. The van der Waals surface area contributed by atoms with E-state index in [1.807, 2.05) is 13.8 Å². The molecule has 0 aromatic heterocycles. The molecule has 1 saturated heterocycles. The number of carbonyl (C=O) groups excluding carboxylic acids is 3. The number of unbranched alkanes of at least 4 members (excludes halogenated alkanes) is 1. The number of nitrogens with two attached hydrogens (primary N) is 2. The first-order valence-corrected chi connectivity index (χ1v) is 11.5. The van der Waals surface area contributed by atoms with Crippen LogP contribution in [0.2, 0.25) is 0 Å². The maximum atomic E-state index is 12.9. The molecule has 0 aliphatic carbocycles. The molecule has 0 aromatic rings. The number of nitrogens with one attached hydrogen (secondary N) is 2. The largest absolute Gasteiger partial charge is 0.480 e. The van der Waals surface area contributed by atoms with Crippen LogP contribution in [0.4, 0.5) is 0 Å². The molecule has 0 aromatic carbocycles. The number of thiol groups is 1. The Morgan fingerprint density at radius 2 is 1.84 bits per heavy atom. The number of hydrogen-bond acceptors (Lipinski definition) is 7. The monoisotopic (exact) mass is 459 g/mol. The lowest BCUT2D eigenvalue weighted by atomic mass is 10.0. The van der Waals surface area contributed by atoms with E-state index in [4.69, 9.17) is 11.5 Å². The van der Waals surface area contributed by atoms with Crippen LogP contribution in [0, 0.1) is 5.92 Å². The predicted molar refractivity (Wildman–Crippen MR) is 120 cm³/mol. The van der Waals surface area contributed by atoms with Gasteiger partial charge in [0.2, 0.25) is 17.7 Å². The van der Waals surface area contributed by atoms with Crippen molar-refractivity contribution in [3.63, 3.8) is 0 Å². The van der Waals surface area contributed by atoms with Crippen molar-refractivity contribution in [1.82, 2.24) is 15.5 Å². The van der Waals surface area contributed by atoms with E-state index in [1.165, 1.54) is 4.90 Å². The number of hydrogen-bond donors (Lipinski definition) is 6. The summed E-state index contributed by atoms with van der Waals surface area (Å²) >= 11 is 4.05. The highest BCUT2D eigenvalue weighted by molar-refractivity contribution is 7.80. The van der Waals surface area contributed by atoms with Gasteiger partial charge in [0.25, 0.3) is 0 Å². The van der Waals surface area contributed by atoms with E-state index >= 15 is 0 Å². The molecule has 7 N–H and O–H groups in total. The molecule has 4 atom stereocenters. The van der Waals surface area contributed by atoms with Gasteiger partial charge >= 0.3 is 5.97 Å². The molecule has 10 nitrogen and oxygen atoms in total. The highest BCUT2D eigenvalue weighted by Crippen LogP contribution is 2.19. The molecule has 0 bridgehead atoms. The van der Waals surface area contributed by atoms with Gasteiger partial charge in [-0.15, -0.1) is 0 Å². The van der Waals surface area contributed by atoms with Gasteiger partial charge < -0.3 is 32.1 Å². The third-order valence-electron chi connectivity index (χ3n) is 5.25. The fourth-order valence-corrected chi connectivity index (χ4v) is 3.74. The van der Waals surface area contributed by atoms with Crippen molar-refractivity contribution in [2.45, 2.75) is 76.5 Å². The third-order valence-corrected chi connectivity index (χ3v) is 5.65. The summed E-state index contributed by atoms with van der Waals surface area (Å²) in [5.41, 5.74) is 11.2. The molecular formula is C20H37N5O5S. The first kappa shape index (κ1) is 27.2. The smallest absolute Gasteiger partial charge is 0.326 e. The molecule has 0 saturated carbocycles. The molecule has 178 valence electrons. The number of aliphatic carboxylic acids is 1. The van der Waals surface area contributed by atoms with Gasteiger partial charge in [0, 0.05) is 12.3 Å². The number of likely N-dealkylation sites (tertiary alicyclic amines) is 1. The summed E-state index contributed by atoms with van der Waals surface area (Å²) in [5, 5.41) is 14.7. The number of amides is 3. The predicted octanol–water partition coefficient (Wildman–Crippen LogP) is -0.536. The van der Waals surface area contributed by atoms with Crippen molar-refractivity contribution in [3.8, 4) is 0 Å². The lowest BCUT2D eigenvalue weighted by molar-refractivity contribution is -0.143. The van der Waals surface area contributed by atoms with Crippen molar-refractivity contribution in [2.75, 3.05) is 18.8 Å². The normalized spacial score (nSPS) is 19.0. The van der Waals surface area contributed by atoms with Crippen molar-refractivity contribution in [1.29, 1.82) is 0 Å². The van der Waals surface area contributed by atoms with Gasteiger partial charge in [-0.1, -0.05) is 13.8 Å². The standard InChI is InChI=1S/C20H37N5O5S/c1-12(2)10-15(17(26)23-14(20(29)30)6-3-4-8-21)24-18(27)16-7-5-9-25(16)19(28)13(22)11-31/h12-16,31H,3-11,21-22H2,1-2H3,(H,23,26)(H,24,27)(H,29,30). The maximum absolute atomic E-state index is 12.9. The lowest BCUT2D eigenvalue weighted by Crippen LogP contribution is -2.57. The second-order valence-corrected chi connectivity index (χ2v) is 8.72. The molecule has 1 heterocycles. The topological polar surface area (TPSA) is 168 Å². The average molecular weight is 460 g/mol.